The van der Waals surface area contributed by atoms with E-state index in [9.17, 15) is 13.2 Å². The summed E-state index contributed by atoms with van der Waals surface area (Å²) < 4.78 is 22.0. The minimum Gasteiger partial charge on any atom is -0.354 e. The summed E-state index contributed by atoms with van der Waals surface area (Å²) in [6, 6.07) is 1.28. The lowest BCUT2D eigenvalue weighted by atomic mass is 10.4. The smallest absolute Gasteiger partial charge is 0.262 e. The van der Waals surface area contributed by atoms with Gasteiger partial charge in [0.25, 0.3) is 15.0 Å². The standard InChI is InChI=1S/C7H8ClNO3S2/c1-4-6(14(8,11)12)3-5(13-4)7(10)9-2/h3H,1-2H3,(H,9,10). The summed E-state index contributed by atoms with van der Waals surface area (Å²) in [4.78, 5) is 12.0. The fourth-order valence-corrected chi connectivity index (χ4v) is 3.55. The Morgan fingerprint density at radius 3 is 2.50 bits per heavy atom. The van der Waals surface area contributed by atoms with E-state index in [1.165, 1.54) is 13.1 Å². The fraction of sp³-hybridized carbons (Fsp3) is 0.286. The molecular weight excluding hydrogens is 246 g/mol. The molecule has 7 heteroatoms. The van der Waals surface area contributed by atoms with E-state index < -0.39 is 9.05 Å². The maximum absolute atomic E-state index is 11.2. The molecule has 0 bridgehead atoms. The third kappa shape index (κ3) is 2.26. The predicted molar refractivity (Wildman–Crippen MR) is 55.5 cm³/mol. The fourth-order valence-electron chi connectivity index (χ4n) is 0.943. The van der Waals surface area contributed by atoms with E-state index in [0.29, 0.717) is 9.75 Å². The topological polar surface area (TPSA) is 63.2 Å². The van der Waals surface area contributed by atoms with Crippen LogP contribution in [0.3, 0.4) is 0 Å². The van der Waals surface area contributed by atoms with Gasteiger partial charge in [-0.25, -0.2) is 8.42 Å². The van der Waals surface area contributed by atoms with E-state index in [2.05, 4.69) is 5.32 Å². The monoisotopic (exact) mass is 253 g/mol. The molecule has 1 rings (SSSR count). The van der Waals surface area contributed by atoms with Crippen LogP contribution in [0.2, 0.25) is 0 Å². The Kier molecular flexibility index (Phi) is 3.18. The van der Waals surface area contributed by atoms with Crippen LogP contribution in [0.15, 0.2) is 11.0 Å². The first-order valence-corrected chi connectivity index (χ1v) is 6.76. The van der Waals surface area contributed by atoms with Crippen LogP contribution in [0, 0.1) is 6.92 Å². The second-order valence-electron chi connectivity index (χ2n) is 2.55. The number of hydrogen-bond donors (Lipinski definition) is 1. The van der Waals surface area contributed by atoms with Gasteiger partial charge >= 0.3 is 0 Å². The van der Waals surface area contributed by atoms with Crippen LogP contribution >= 0.6 is 22.0 Å². The Hall–Kier alpha value is -0.590. The van der Waals surface area contributed by atoms with E-state index in [-0.39, 0.29) is 10.8 Å². The average Bonchev–Trinajstić information content (AvgIpc) is 2.45. The Balaban J connectivity index is 3.25. The minimum atomic E-state index is -3.75. The molecule has 14 heavy (non-hydrogen) atoms. The number of amides is 1. The molecule has 1 amide bonds. The lowest BCUT2D eigenvalue weighted by Crippen LogP contribution is -2.16. The molecule has 1 aromatic rings. The lowest BCUT2D eigenvalue weighted by molar-refractivity contribution is 0.0967. The summed E-state index contributed by atoms with van der Waals surface area (Å²) in [5.41, 5.74) is 0. The van der Waals surface area contributed by atoms with Crippen LogP contribution in [-0.2, 0) is 9.05 Å². The van der Waals surface area contributed by atoms with Gasteiger partial charge in [-0.15, -0.1) is 11.3 Å². The number of rotatable bonds is 2. The van der Waals surface area contributed by atoms with Gasteiger partial charge < -0.3 is 5.32 Å². The van der Waals surface area contributed by atoms with Gasteiger partial charge in [0.2, 0.25) is 0 Å². The highest BCUT2D eigenvalue weighted by Crippen LogP contribution is 2.27. The number of hydrogen-bond acceptors (Lipinski definition) is 4. The van der Waals surface area contributed by atoms with Crippen molar-refractivity contribution in [2.75, 3.05) is 7.05 Å². The van der Waals surface area contributed by atoms with E-state index in [1.807, 2.05) is 0 Å². The minimum absolute atomic E-state index is 0.00256. The van der Waals surface area contributed by atoms with Gasteiger partial charge in [0.15, 0.2) is 0 Å². The van der Waals surface area contributed by atoms with Crippen molar-refractivity contribution < 1.29 is 13.2 Å². The third-order valence-electron chi connectivity index (χ3n) is 1.59. The van der Waals surface area contributed by atoms with Crippen molar-refractivity contribution >= 4 is 37.0 Å². The van der Waals surface area contributed by atoms with Crippen molar-refractivity contribution in [1.82, 2.24) is 5.32 Å². The van der Waals surface area contributed by atoms with E-state index in [0.717, 1.165) is 11.3 Å². The molecule has 4 nitrogen and oxygen atoms in total. The van der Waals surface area contributed by atoms with Crippen molar-refractivity contribution in [2.45, 2.75) is 11.8 Å². The molecule has 0 radical (unpaired) electrons. The number of carbonyl (C=O) groups excluding carboxylic acids is 1. The first-order chi connectivity index (χ1) is 6.36. The zero-order chi connectivity index (χ0) is 10.9. The number of halogens is 1. The molecular formula is C7H8ClNO3S2. The molecule has 0 unspecified atom stereocenters. The first kappa shape index (κ1) is 11.5. The summed E-state index contributed by atoms with van der Waals surface area (Å²) >= 11 is 1.10. The molecule has 0 aliphatic heterocycles. The van der Waals surface area contributed by atoms with Crippen LogP contribution in [-0.4, -0.2) is 21.4 Å². The molecule has 1 aromatic heterocycles. The van der Waals surface area contributed by atoms with Crippen LogP contribution in [0.4, 0.5) is 0 Å². The Labute approximate surface area is 90.3 Å². The van der Waals surface area contributed by atoms with E-state index in [1.54, 1.807) is 6.92 Å². The van der Waals surface area contributed by atoms with Crippen LogP contribution in [0.25, 0.3) is 0 Å². The van der Waals surface area contributed by atoms with Crippen molar-refractivity contribution in [3.05, 3.63) is 15.8 Å². The molecule has 0 atom stereocenters. The van der Waals surface area contributed by atoms with Crippen molar-refractivity contribution in [3.8, 4) is 0 Å². The summed E-state index contributed by atoms with van der Waals surface area (Å²) in [7, 11) is 2.90. The summed E-state index contributed by atoms with van der Waals surface area (Å²) in [6.45, 7) is 1.60. The maximum Gasteiger partial charge on any atom is 0.262 e. The highest BCUT2D eigenvalue weighted by Gasteiger charge is 2.19. The largest absolute Gasteiger partial charge is 0.354 e. The number of thiophene rings is 1. The van der Waals surface area contributed by atoms with Crippen molar-refractivity contribution in [3.63, 3.8) is 0 Å². The molecule has 1 heterocycles. The van der Waals surface area contributed by atoms with Gasteiger partial charge in [-0.05, 0) is 13.0 Å². The second kappa shape index (κ2) is 3.88. The van der Waals surface area contributed by atoms with Gasteiger partial charge in [-0.2, -0.15) is 0 Å². The van der Waals surface area contributed by atoms with Gasteiger partial charge in [-0.1, -0.05) is 0 Å². The summed E-state index contributed by atoms with van der Waals surface area (Å²) in [5.74, 6) is -0.315. The van der Waals surface area contributed by atoms with Gasteiger partial charge in [0.05, 0.1) is 9.77 Å². The average molecular weight is 254 g/mol. The SMILES string of the molecule is CNC(=O)c1cc(S(=O)(=O)Cl)c(C)s1. The second-order valence-corrected chi connectivity index (χ2v) is 6.34. The lowest BCUT2D eigenvalue weighted by Gasteiger charge is -1.91. The van der Waals surface area contributed by atoms with E-state index >= 15 is 0 Å². The highest BCUT2D eigenvalue weighted by atomic mass is 35.7. The Morgan fingerprint density at radius 1 is 1.57 bits per heavy atom. The quantitative estimate of drug-likeness (QED) is 0.809. The molecule has 0 saturated heterocycles. The van der Waals surface area contributed by atoms with Gasteiger partial charge in [0.1, 0.15) is 0 Å². The van der Waals surface area contributed by atoms with Crippen LogP contribution < -0.4 is 5.32 Å². The molecule has 0 fully saturated rings. The normalized spacial score (nSPS) is 11.4. The molecule has 0 spiro atoms. The number of nitrogens with one attached hydrogen (secondary N) is 1. The summed E-state index contributed by atoms with van der Waals surface area (Å²) in [6.07, 6.45) is 0. The maximum atomic E-state index is 11.2. The predicted octanol–water partition coefficient (Wildman–Crippen LogP) is 1.34. The number of carbonyl (C=O) groups is 1. The first-order valence-electron chi connectivity index (χ1n) is 3.63. The highest BCUT2D eigenvalue weighted by molar-refractivity contribution is 8.13. The molecule has 1 N–H and O–H groups in total. The molecule has 78 valence electrons. The third-order valence-corrected chi connectivity index (χ3v) is 4.21. The summed E-state index contributed by atoms with van der Waals surface area (Å²) in [5, 5.41) is 2.41. The molecule has 0 saturated carbocycles. The van der Waals surface area contributed by atoms with Crippen LogP contribution in [0.5, 0.6) is 0 Å². The number of aryl methyl sites for hydroxylation is 1. The van der Waals surface area contributed by atoms with Gasteiger partial charge in [-0.3, -0.25) is 4.79 Å². The molecule has 0 aliphatic rings. The van der Waals surface area contributed by atoms with Gasteiger partial charge in [0, 0.05) is 22.6 Å². The van der Waals surface area contributed by atoms with Crippen molar-refractivity contribution in [1.29, 1.82) is 0 Å². The molecule has 0 aliphatic carbocycles. The van der Waals surface area contributed by atoms with Crippen LogP contribution in [0.1, 0.15) is 14.5 Å². The zero-order valence-electron chi connectivity index (χ0n) is 7.50. The Morgan fingerprint density at radius 2 is 2.14 bits per heavy atom. The van der Waals surface area contributed by atoms with Crippen molar-refractivity contribution in [2.24, 2.45) is 0 Å². The van der Waals surface area contributed by atoms with E-state index in [4.69, 9.17) is 10.7 Å². The molecule has 0 aromatic carbocycles. The zero-order valence-corrected chi connectivity index (χ0v) is 9.89. The Bertz CT molecular complexity index is 463.